The number of ketones is 1. The largest absolute Gasteiger partial charge is 0.499 e. The van der Waals surface area contributed by atoms with Crippen molar-refractivity contribution in [3.63, 3.8) is 0 Å². The minimum Gasteiger partial charge on any atom is -0.499 e. The Morgan fingerprint density at radius 1 is 1.42 bits per heavy atom. The molecule has 0 aliphatic heterocycles. The molecule has 8 nitrogen and oxygen atoms in total. The number of nitro benzene ring substituents is 1. The molecule has 9 heteroatoms. The molecule has 0 amide bonds. The number of phenols is 1. The maximum absolute atomic E-state index is 12.3. The van der Waals surface area contributed by atoms with Crippen LogP contribution in [0.15, 0.2) is 12.1 Å². The molecular formula is C15H15NO7S. The van der Waals surface area contributed by atoms with Crippen molar-refractivity contribution in [1.82, 2.24) is 0 Å². The highest BCUT2D eigenvalue weighted by molar-refractivity contribution is 7.21. The van der Waals surface area contributed by atoms with E-state index in [2.05, 4.69) is 0 Å². The Morgan fingerprint density at radius 3 is 2.58 bits per heavy atom. The molecule has 1 aromatic carbocycles. The lowest BCUT2D eigenvalue weighted by Crippen LogP contribution is -2.16. The van der Waals surface area contributed by atoms with Crippen LogP contribution in [0.5, 0.6) is 11.5 Å². The van der Waals surface area contributed by atoms with Gasteiger partial charge in [0.2, 0.25) is 5.75 Å². The highest BCUT2D eigenvalue weighted by atomic mass is 32.1. The zero-order valence-corrected chi connectivity index (χ0v) is 13.8. The molecule has 0 saturated carbocycles. The van der Waals surface area contributed by atoms with Crippen LogP contribution < -0.4 is 4.74 Å². The number of nitro groups is 1. The molecule has 0 aliphatic rings. The van der Waals surface area contributed by atoms with Gasteiger partial charge in [0.15, 0.2) is 11.5 Å². The molecule has 0 bridgehead atoms. The molecule has 0 saturated heterocycles. The Labute approximate surface area is 140 Å². The average Bonchev–Trinajstić information content (AvgIpc) is 2.94. The van der Waals surface area contributed by atoms with Crippen LogP contribution in [0.25, 0.3) is 10.1 Å². The Bertz CT molecular complexity index is 827. The number of benzene rings is 1. The van der Waals surface area contributed by atoms with Gasteiger partial charge in [-0.2, -0.15) is 0 Å². The Kier molecular flexibility index (Phi) is 5.03. The maximum atomic E-state index is 12.3. The first-order chi connectivity index (χ1) is 11.3. The second-order valence-electron chi connectivity index (χ2n) is 5.13. The number of carbonyl (C=O) groups excluding carboxylic acids is 1. The fourth-order valence-corrected chi connectivity index (χ4v) is 3.38. The minimum atomic E-state index is -1.06. The van der Waals surface area contributed by atoms with Gasteiger partial charge in [0.1, 0.15) is 0 Å². The van der Waals surface area contributed by atoms with Crippen LogP contribution in [0, 0.1) is 16.0 Å². The van der Waals surface area contributed by atoms with Gasteiger partial charge in [-0.25, -0.2) is 0 Å². The molecule has 1 atom stereocenters. The molecule has 0 spiro atoms. The summed E-state index contributed by atoms with van der Waals surface area (Å²) in [6, 6.07) is 2.72. The number of hydrogen-bond acceptors (Lipinski definition) is 7. The van der Waals surface area contributed by atoms with Crippen molar-refractivity contribution in [1.29, 1.82) is 0 Å². The number of aromatic hydroxyl groups is 1. The van der Waals surface area contributed by atoms with Gasteiger partial charge in [-0.05, 0) is 12.5 Å². The molecule has 0 fully saturated rings. The predicted molar refractivity (Wildman–Crippen MR) is 87.1 cm³/mol. The number of nitrogens with zero attached hydrogens (tertiary/aromatic N) is 1. The number of carboxylic acid groups (broad SMARTS) is 1. The van der Waals surface area contributed by atoms with Gasteiger partial charge in [0, 0.05) is 17.2 Å². The van der Waals surface area contributed by atoms with Crippen molar-refractivity contribution in [2.24, 2.45) is 5.92 Å². The molecule has 0 radical (unpaired) electrons. The quantitative estimate of drug-likeness (QED) is 0.444. The van der Waals surface area contributed by atoms with Crippen molar-refractivity contribution in [2.45, 2.75) is 19.8 Å². The van der Waals surface area contributed by atoms with Crippen molar-refractivity contribution >= 4 is 38.9 Å². The summed E-state index contributed by atoms with van der Waals surface area (Å²) < 4.78 is 5.32. The van der Waals surface area contributed by atoms with Crippen molar-refractivity contribution in [3.05, 3.63) is 27.1 Å². The van der Waals surface area contributed by atoms with E-state index in [0.29, 0.717) is 11.1 Å². The van der Waals surface area contributed by atoms with Crippen LogP contribution in [-0.4, -0.2) is 34.0 Å². The topological polar surface area (TPSA) is 127 Å². The summed E-state index contributed by atoms with van der Waals surface area (Å²) in [4.78, 5) is 34.0. The van der Waals surface area contributed by atoms with Gasteiger partial charge in [-0.1, -0.05) is 6.92 Å². The lowest BCUT2D eigenvalue weighted by atomic mass is 9.99. The Balaban J connectivity index is 2.51. The number of thiophene rings is 1. The fraction of sp³-hybridized carbons (Fsp3) is 0.333. The smallest absolute Gasteiger partial charge is 0.323 e. The number of Topliss-reactive ketones (excluding diaryl/α,β-unsaturated/α-hetero) is 1. The SMILES string of the molecule is CC[C@@H](CC(=O)c1cc2c([N+](=O)[O-])c(O)c(OC)cc2s1)C(=O)O. The molecule has 1 aromatic heterocycles. The van der Waals surface area contributed by atoms with E-state index in [1.807, 2.05) is 0 Å². The number of carboxylic acids is 1. The third kappa shape index (κ3) is 3.16. The summed E-state index contributed by atoms with van der Waals surface area (Å²) in [5.41, 5.74) is -0.537. The number of ether oxygens (including phenoxy) is 1. The van der Waals surface area contributed by atoms with Gasteiger partial charge in [-0.15, -0.1) is 11.3 Å². The summed E-state index contributed by atoms with van der Waals surface area (Å²) in [6.45, 7) is 1.67. The van der Waals surface area contributed by atoms with Crippen molar-refractivity contribution in [2.75, 3.05) is 7.11 Å². The predicted octanol–water partition coefficient (Wildman–Crippen LogP) is 3.21. The zero-order valence-electron chi connectivity index (χ0n) is 12.9. The number of methoxy groups -OCH3 is 1. The van der Waals surface area contributed by atoms with E-state index in [4.69, 9.17) is 9.84 Å². The highest BCUT2D eigenvalue weighted by Crippen LogP contribution is 2.45. The van der Waals surface area contributed by atoms with E-state index in [1.54, 1.807) is 6.92 Å². The van der Waals surface area contributed by atoms with Crippen LogP contribution in [-0.2, 0) is 4.79 Å². The number of aliphatic carboxylic acids is 1. The Hall–Kier alpha value is -2.68. The standard InChI is InChI=1S/C15H15NO7S/c1-3-7(15(19)20)4-9(17)12-5-8-11(24-12)6-10(23-2)14(18)13(8)16(21)22/h5-7,18H,3-4H2,1-2H3,(H,19,20)/t7-/m0/s1. The molecule has 1 heterocycles. The zero-order chi connectivity index (χ0) is 18.0. The number of rotatable bonds is 7. The summed E-state index contributed by atoms with van der Waals surface area (Å²) >= 11 is 1.00. The summed E-state index contributed by atoms with van der Waals surface area (Å²) in [5.74, 6) is -2.94. The summed E-state index contributed by atoms with van der Waals surface area (Å²) in [5, 5.41) is 30.3. The third-order valence-electron chi connectivity index (χ3n) is 3.69. The monoisotopic (exact) mass is 353 g/mol. The summed E-state index contributed by atoms with van der Waals surface area (Å²) in [7, 11) is 1.27. The van der Waals surface area contributed by atoms with E-state index in [1.165, 1.54) is 19.2 Å². The molecule has 128 valence electrons. The average molecular weight is 353 g/mol. The van der Waals surface area contributed by atoms with E-state index in [9.17, 15) is 24.8 Å². The number of carbonyl (C=O) groups is 2. The molecule has 0 aliphatic carbocycles. The van der Waals surface area contributed by atoms with Gasteiger partial charge < -0.3 is 14.9 Å². The third-order valence-corrected chi connectivity index (χ3v) is 4.81. The van der Waals surface area contributed by atoms with Crippen LogP contribution in [0.1, 0.15) is 29.4 Å². The van der Waals surface area contributed by atoms with Crippen LogP contribution in [0.4, 0.5) is 5.69 Å². The molecule has 2 rings (SSSR count). The highest BCUT2D eigenvalue weighted by Gasteiger charge is 2.27. The molecule has 24 heavy (non-hydrogen) atoms. The van der Waals surface area contributed by atoms with Crippen LogP contribution >= 0.6 is 11.3 Å². The molecule has 2 N–H and O–H groups in total. The molecular weight excluding hydrogens is 338 g/mol. The maximum Gasteiger partial charge on any atom is 0.323 e. The first kappa shape index (κ1) is 17.7. The molecule has 0 unspecified atom stereocenters. The van der Waals surface area contributed by atoms with Gasteiger partial charge >= 0.3 is 11.7 Å². The van der Waals surface area contributed by atoms with E-state index >= 15 is 0 Å². The van der Waals surface area contributed by atoms with Gasteiger partial charge in [0.05, 0.1) is 28.2 Å². The number of hydrogen-bond donors (Lipinski definition) is 2. The fourth-order valence-electron chi connectivity index (χ4n) is 2.34. The first-order valence-electron chi connectivity index (χ1n) is 7.04. The number of fused-ring (bicyclic) bond motifs is 1. The minimum absolute atomic E-state index is 0.0629. The number of phenolic OH excluding ortho intramolecular Hbond substituents is 1. The normalized spacial score (nSPS) is 12.1. The summed E-state index contributed by atoms with van der Waals surface area (Å²) in [6.07, 6.45) is 0.121. The van der Waals surface area contributed by atoms with Crippen LogP contribution in [0.2, 0.25) is 0 Å². The van der Waals surface area contributed by atoms with Gasteiger partial charge in [0.25, 0.3) is 0 Å². The lowest BCUT2D eigenvalue weighted by Gasteiger charge is -2.06. The van der Waals surface area contributed by atoms with Crippen molar-refractivity contribution in [3.8, 4) is 11.5 Å². The van der Waals surface area contributed by atoms with E-state index < -0.39 is 34.0 Å². The molecule has 2 aromatic rings. The van der Waals surface area contributed by atoms with E-state index in [-0.39, 0.29) is 22.4 Å². The van der Waals surface area contributed by atoms with Gasteiger partial charge in [-0.3, -0.25) is 19.7 Å². The first-order valence-corrected chi connectivity index (χ1v) is 7.85. The van der Waals surface area contributed by atoms with Crippen LogP contribution in [0.3, 0.4) is 0 Å². The second-order valence-corrected chi connectivity index (χ2v) is 6.21. The Morgan fingerprint density at radius 2 is 2.08 bits per heavy atom. The lowest BCUT2D eigenvalue weighted by molar-refractivity contribution is -0.384. The van der Waals surface area contributed by atoms with Crippen molar-refractivity contribution < 1.29 is 29.5 Å². The van der Waals surface area contributed by atoms with E-state index in [0.717, 1.165) is 11.3 Å². The second kappa shape index (κ2) is 6.83.